The molecule has 6 nitrogen and oxygen atoms in total. The molecule has 0 aliphatic heterocycles. The maximum atomic E-state index is 13.0. The number of oxazole rings is 1. The largest absolute Gasteiger partial charge is 0.449 e. The number of aromatic nitrogens is 3. The zero-order valence-corrected chi connectivity index (χ0v) is 16.6. The number of aryl methyl sites for hydroxylation is 1. The summed E-state index contributed by atoms with van der Waals surface area (Å²) in [6, 6.07) is 11.8. The van der Waals surface area contributed by atoms with Crippen molar-refractivity contribution in [2.24, 2.45) is 0 Å². The van der Waals surface area contributed by atoms with Crippen LogP contribution in [0.3, 0.4) is 0 Å². The van der Waals surface area contributed by atoms with Gasteiger partial charge < -0.3 is 9.73 Å². The first kappa shape index (κ1) is 20.4. The number of rotatable bonds is 4. The van der Waals surface area contributed by atoms with Gasteiger partial charge in [-0.1, -0.05) is 18.2 Å². The van der Waals surface area contributed by atoms with Crippen molar-refractivity contribution in [1.82, 2.24) is 14.8 Å². The number of hydrogen-bond acceptors (Lipinski definition) is 4. The van der Waals surface area contributed by atoms with Crippen LogP contribution < -0.4 is 5.32 Å². The molecule has 0 unspecified atom stereocenters. The van der Waals surface area contributed by atoms with Gasteiger partial charge in [-0.05, 0) is 37.3 Å². The maximum absolute atomic E-state index is 13.0. The summed E-state index contributed by atoms with van der Waals surface area (Å²) in [5.74, 6) is 0.140. The highest BCUT2D eigenvalue weighted by Gasteiger charge is 2.30. The van der Waals surface area contributed by atoms with E-state index in [-0.39, 0.29) is 11.3 Å². The zero-order chi connectivity index (χ0) is 22.2. The molecule has 158 valence electrons. The fourth-order valence-electron chi connectivity index (χ4n) is 3.13. The lowest BCUT2D eigenvalue weighted by Gasteiger charge is -2.10. The van der Waals surface area contributed by atoms with E-state index in [1.165, 1.54) is 23.0 Å². The second-order valence-electron chi connectivity index (χ2n) is 6.89. The lowest BCUT2D eigenvalue weighted by Crippen LogP contribution is -2.13. The van der Waals surface area contributed by atoms with Gasteiger partial charge in [0.15, 0.2) is 5.89 Å². The Morgan fingerprint density at radius 1 is 1.10 bits per heavy atom. The van der Waals surface area contributed by atoms with Gasteiger partial charge in [0.1, 0.15) is 12.0 Å². The van der Waals surface area contributed by atoms with E-state index in [1.54, 1.807) is 44.4 Å². The molecule has 0 radical (unpaired) electrons. The molecule has 31 heavy (non-hydrogen) atoms. The van der Waals surface area contributed by atoms with Crippen LogP contribution in [0.2, 0.25) is 0 Å². The molecule has 1 amide bonds. The van der Waals surface area contributed by atoms with E-state index in [9.17, 15) is 18.0 Å². The van der Waals surface area contributed by atoms with E-state index in [4.69, 9.17) is 4.42 Å². The number of nitrogens with zero attached hydrogens (tertiary/aromatic N) is 3. The van der Waals surface area contributed by atoms with E-state index >= 15 is 0 Å². The van der Waals surface area contributed by atoms with Crippen molar-refractivity contribution in [2.45, 2.75) is 20.0 Å². The molecule has 0 saturated heterocycles. The molecule has 0 saturated carbocycles. The monoisotopic (exact) mass is 426 g/mol. The third-order valence-electron chi connectivity index (χ3n) is 4.73. The summed E-state index contributed by atoms with van der Waals surface area (Å²) >= 11 is 0. The van der Waals surface area contributed by atoms with Crippen LogP contribution in [-0.2, 0) is 6.18 Å². The van der Waals surface area contributed by atoms with Crippen LogP contribution in [0.25, 0.3) is 16.9 Å². The molecule has 9 heteroatoms. The summed E-state index contributed by atoms with van der Waals surface area (Å²) in [5, 5.41) is 6.86. The normalized spacial score (nSPS) is 11.5. The minimum atomic E-state index is -4.46. The highest BCUT2D eigenvalue weighted by Crippen LogP contribution is 2.30. The Bertz CT molecular complexity index is 1240. The number of halogens is 3. The first-order valence-corrected chi connectivity index (χ1v) is 9.28. The van der Waals surface area contributed by atoms with E-state index in [2.05, 4.69) is 15.4 Å². The molecular weight excluding hydrogens is 409 g/mol. The van der Waals surface area contributed by atoms with Gasteiger partial charge >= 0.3 is 6.18 Å². The molecule has 4 rings (SSSR count). The Morgan fingerprint density at radius 3 is 2.48 bits per heavy atom. The zero-order valence-electron chi connectivity index (χ0n) is 16.6. The quantitative estimate of drug-likeness (QED) is 0.473. The van der Waals surface area contributed by atoms with Crippen molar-refractivity contribution >= 4 is 11.6 Å². The average Bonchev–Trinajstić information content (AvgIpc) is 3.34. The Hall–Kier alpha value is -3.88. The van der Waals surface area contributed by atoms with Crippen LogP contribution in [-0.4, -0.2) is 20.7 Å². The van der Waals surface area contributed by atoms with Crippen molar-refractivity contribution in [3.8, 4) is 16.9 Å². The first-order chi connectivity index (χ1) is 14.7. The summed E-state index contributed by atoms with van der Waals surface area (Å²) in [6.07, 6.45) is -1.58. The Morgan fingerprint density at radius 2 is 1.84 bits per heavy atom. The van der Waals surface area contributed by atoms with Crippen molar-refractivity contribution in [3.05, 3.63) is 83.7 Å². The lowest BCUT2D eigenvalue weighted by atomic mass is 10.1. The smallest absolute Gasteiger partial charge is 0.416 e. The van der Waals surface area contributed by atoms with Crippen molar-refractivity contribution in [1.29, 1.82) is 0 Å². The third kappa shape index (κ3) is 4.20. The standard InChI is InChI=1S/C22H17F3N4O2/c1-13-19(11-26-29(13)18-5-3-4-16(10-18)22(23,24)25)21(30)28-17-8-6-15(7-9-17)20-12-31-14(2)27-20/h3-12H,1-2H3,(H,28,30). The third-order valence-corrected chi connectivity index (χ3v) is 4.73. The number of carbonyl (C=O) groups excluding carboxylic acids is 1. The highest BCUT2D eigenvalue weighted by atomic mass is 19.4. The van der Waals surface area contributed by atoms with Gasteiger partial charge in [0, 0.05) is 18.2 Å². The molecule has 2 heterocycles. The van der Waals surface area contributed by atoms with Crippen LogP contribution in [0.5, 0.6) is 0 Å². The summed E-state index contributed by atoms with van der Waals surface area (Å²) in [7, 11) is 0. The highest BCUT2D eigenvalue weighted by molar-refractivity contribution is 6.05. The fraction of sp³-hybridized carbons (Fsp3) is 0.136. The predicted molar refractivity (Wildman–Crippen MR) is 108 cm³/mol. The summed E-state index contributed by atoms with van der Waals surface area (Å²) < 4.78 is 45.5. The molecule has 0 aliphatic carbocycles. The van der Waals surface area contributed by atoms with Crippen LogP contribution in [0.15, 0.2) is 65.4 Å². The minimum Gasteiger partial charge on any atom is -0.449 e. The van der Waals surface area contributed by atoms with Crippen LogP contribution in [0.1, 0.15) is 27.5 Å². The Labute approximate surface area is 175 Å². The number of carbonyl (C=O) groups is 1. The summed E-state index contributed by atoms with van der Waals surface area (Å²) in [4.78, 5) is 16.9. The second kappa shape index (κ2) is 7.75. The van der Waals surface area contributed by atoms with E-state index in [1.807, 2.05) is 0 Å². The summed E-state index contributed by atoms with van der Waals surface area (Å²) in [6.45, 7) is 3.37. The first-order valence-electron chi connectivity index (χ1n) is 9.28. The molecule has 2 aromatic carbocycles. The van der Waals surface area contributed by atoms with Gasteiger partial charge in [-0.3, -0.25) is 4.79 Å². The van der Waals surface area contributed by atoms with Gasteiger partial charge in [0.25, 0.3) is 5.91 Å². The SMILES string of the molecule is Cc1nc(-c2ccc(NC(=O)c3cnn(-c4cccc(C(F)(F)F)c4)c3C)cc2)co1. The number of alkyl halides is 3. The molecule has 1 N–H and O–H groups in total. The molecule has 0 fully saturated rings. The Balaban J connectivity index is 1.53. The topological polar surface area (TPSA) is 73.0 Å². The molecule has 0 aliphatic rings. The van der Waals surface area contributed by atoms with Crippen LogP contribution in [0.4, 0.5) is 18.9 Å². The molecule has 4 aromatic rings. The predicted octanol–water partition coefficient (Wildman–Crippen LogP) is 5.42. The second-order valence-corrected chi connectivity index (χ2v) is 6.89. The van der Waals surface area contributed by atoms with E-state index in [0.29, 0.717) is 23.0 Å². The Kier molecular flexibility index (Phi) is 5.10. The van der Waals surface area contributed by atoms with Gasteiger partial charge in [-0.15, -0.1) is 0 Å². The van der Waals surface area contributed by atoms with Gasteiger partial charge in [0.05, 0.1) is 28.7 Å². The number of hydrogen-bond donors (Lipinski definition) is 1. The molecule has 2 aromatic heterocycles. The van der Waals surface area contributed by atoms with Crippen LogP contribution in [0, 0.1) is 13.8 Å². The van der Waals surface area contributed by atoms with Crippen molar-refractivity contribution in [2.75, 3.05) is 5.32 Å². The maximum Gasteiger partial charge on any atom is 0.416 e. The minimum absolute atomic E-state index is 0.221. The molecule has 0 atom stereocenters. The lowest BCUT2D eigenvalue weighted by molar-refractivity contribution is -0.137. The molecule has 0 spiro atoms. The molecule has 0 bridgehead atoms. The van der Waals surface area contributed by atoms with E-state index < -0.39 is 17.6 Å². The number of benzene rings is 2. The molecular formula is C22H17F3N4O2. The van der Waals surface area contributed by atoms with E-state index in [0.717, 1.165) is 17.7 Å². The van der Waals surface area contributed by atoms with Gasteiger partial charge in [0.2, 0.25) is 0 Å². The van der Waals surface area contributed by atoms with Crippen molar-refractivity contribution in [3.63, 3.8) is 0 Å². The number of anilines is 1. The van der Waals surface area contributed by atoms with Gasteiger partial charge in [-0.25, -0.2) is 9.67 Å². The number of amides is 1. The van der Waals surface area contributed by atoms with Gasteiger partial charge in [-0.2, -0.15) is 18.3 Å². The average molecular weight is 426 g/mol. The summed E-state index contributed by atoms with van der Waals surface area (Å²) in [5.41, 5.74) is 2.20. The van der Waals surface area contributed by atoms with Crippen LogP contribution >= 0.6 is 0 Å². The fourth-order valence-corrected chi connectivity index (χ4v) is 3.13. The van der Waals surface area contributed by atoms with Crippen molar-refractivity contribution < 1.29 is 22.4 Å². The number of nitrogens with one attached hydrogen (secondary N) is 1.